The van der Waals surface area contributed by atoms with E-state index in [0.29, 0.717) is 42.9 Å². The lowest BCUT2D eigenvalue weighted by atomic mass is 10.2. The second kappa shape index (κ2) is 10.8. The monoisotopic (exact) mass is 449 g/mol. The lowest BCUT2D eigenvalue weighted by Gasteiger charge is -2.14. The topological polar surface area (TPSA) is 69.4 Å². The van der Waals surface area contributed by atoms with Crippen molar-refractivity contribution in [3.63, 3.8) is 0 Å². The average Bonchev–Trinajstić information content (AvgIpc) is 3.31. The van der Waals surface area contributed by atoms with Gasteiger partial charge in [-0.15, -0.1) is 10.2 Å². The van der Waals surface area contributed by atoms with E-state index in [-0.39, 0.29) is 0 Å². The average molecular weight is 450 g/mol. The van der Waals surface area contributed by atoms with Crippen molar-refractivity contribution in [2.24, 2.45) is 0 Å². The van der Waals surface area contributed by atoms with E-state index < -0.39 is 0 Å². The molecule has 0 aliphatic heterocycles. The van der Waals surface area contributed by atoms with Gasteiger partial charge in [-0.2, -0.15) is 0 Å². The first kappa shape index (κ1) is 21.9. The van der Waals surface area contributed by atoms with Gasteiger partial charge in [-0.3, -0.25) is 0 Å². The second-order valence-electron chi connectivity index (χ2n) is 7.15. The summed E-state index contributed by atoms with van der Waals surface area (Å²) in [5.74, 6) is 2.66. The molecule has 32 heavy (non-hydrogen) atoms. The zero-order chi connectivity index (χ0) is 22.2. The van der Waals surface area contributed by atoms with E-state index in [2.05, 4.69) is 15.5 Å². The van der Waals surface area contributed by atoms with Gasteiger partial charge in [0, 0.05) is 35.7 Å². The van der Waals surface area contributed by atoms with Gasteiger partial charge in [0.2, 0.25) is 11.8 Å². The molecule has 1 N–H and O–H groups in total. The Bertz CT molecular complexity index is 1150. The second-order valence-corrected chi connectivity index (χ2v) is 7.56. The van der Waals surface area contributed by atoms with Crippen LogP contribution in [0.1, 0.15) is 17.0 Å². The Morgan fingerprint density at radius 2 is 1.81 bits per heavy atom. The number of hydrogen-bond donors (Lipinski definition) is 1. The van der Waals surface area contributed by atoms with Crippen molar-refractivity contribution in [1.29, 1.82) is 0 Å². The highest BCUT2D eigenvalue weighted by molar-refractivity contribution is 6.31. The fraction of sp³-hybridized carbons (Fsp3) is 0.200. The lowest BCUT2D eigenvalue weighted by Crippen LogP contribution is -2.17. The molecule has 4 aromatic rings. The van der Waals surface area contributed by atoms with Crippen LogP contribution in [0.5, 0.6) is 11.5 Å². The fourth-order valence-corrected chi connectivity index (χ4v) is 3.46. The third kappa shape index (κ3) is 5.66. The Labute approximate surface area is 192 Å². The highest BCUT2D eigenvalue weighted by Gasteiger charge is 2.11. The van der Waals surface area contributed by atoms with Gasteiger partial charge in [0.25, 0.3) is 0 Å². The first-order chi connectivity index (χ1) is 15.7. The lowest BCUT2D eigenvalue weighted by molar-refractivity contribution is 0.301. The molecule has 0 saturated heterocycles. The Morgan fingerprint density at radius 3 is 2.66 bits per heavy atom. The van der Waals surface area contributed by atoms with Gasteiger partial charge in [-0.05, 0) is 42.0 Å². The molecule has 0 fully saturated rings. The molecular weight excluding hydrogens is 426 g/mol. The van der Waals surface area contributed by atoms with Crippen LogP contribution >= 0.6 is 11.6 Å². The molecule has 0 aliphatic rings. The van der Waals surface area contributed by atoms with Gasteiger partial charge in [-0.1, -0.05) is 48.0 Å². The summed E-state index contributed by atoms with van der Waals surface area (Å²) in [4.78, 5) is 0. The maximum atomic E-state index is 6.45. The van der Waals surface area contributed by atoms with Crippen LogP contribution in [-0.4, -0.2) is 23.9 Å². The van der Waals surface area contributed by atoms with Gasteiger partial charge < -0.3 is 19.2 Å². The fourth-order valence-electron chi connectivity index (χ4n) is 3.23. The molecule has 1 heterocycles. The maximum absolute atomic E-state index is 6.45. The number of benzene rings is 3. The highest BCUT2D eigenvalue weighted by atomic mass is 35.5. The van der Waals surface area contributed by atoms with Crippen LogP contribution in [0.3, 0.4) is 0 Å². The molecule has 0 saturated carbocycles. The molecule has 0 spiro atoms. The standard InChI is InChI=1S/C25H24ClN3O3/c1-30-20-10-5-7-18(15-20)17-31-23-12-6-11-22(26)21(23)16-27-14-13-24-28-29-25(32-24)19-8-3-2-4-9-19/h2-12,15,27H,13-14,16-17H2,1H3. The number of halogens is 1. The van der Waals surface area contributed by atoms with E-state index in [1.165, 1.54) is 0 Å². The predicted octanol–water partition coefficient (Wildman–Crippen LogP) is 5.31. The summed E-state index contributed by atoms with van der Waals surface area (Å²) in [7, 11) is 1.65. The quantitative estimate of drug-likeness (QED) is 0.331. The van der Waals surface area contributed by atoms with Crippen molar-refractivity contribution in [2.45, 2.75) is 19.6 Å². The minimum atomic E-state index is 0.425. The third-order valence-electron chi connectivity index (χ3n) is 4.91. The van der Waals surface area contributed by atoms with Crippen LogP contribution in [-0.2, 0) is 19.6 Å². The number of nitrogens with one attached hydrogen (secondary N) is 1. The van der Waals surface area contributed by atoms with Crippen molar-refractivity contribution in [1.82, 2.24) is 15.5 Å². The molecule has 7 heteroatoms. The minimum absolute atomic E-state index is 0.425. The van der Waals surface area contributed by atoms with Crippen molar-refractivity contribution in [3.8, 4) is 23.0 Å². The molecule has 164 valence electrons. The largest absolute Gasteiger partial charge is 0.497 e. The smallest absolute Gasteiger partial charge is 0.247 e. The molecule has 0 amide bonds. The molecule has 1 aromatic heterocycles. The molecule has 4 rings (SSSR count). The van der Waals surface area contributed by atoms with Crippen LogP contribution in [0.4, 0.5) is 0 Å². The molecule has 3 aromatic carbocycles. The first-order valence-electron chi connectivity index (χ1n) is 10.3. The molecular formula is C25H24ClN3O3. The SMILES string of the molecule is COc1cccc(COc2cccc(Cl)c2CNCCc2nnc(-c3ccccc3)o2)c1. The Morgan fingerprint density at radius 1 is 0.969 bits per heavy atom. The summed E-state index contributed by atoms with van der Waals surface area (Å²) in [6.07, 6.45) is 0.615. The molecule has 0 unspecified atom stereocenters. The van der Waals surface area contributed by atoms with Crippen LogP contribution < -0.4 is 14.8 Å². The number of methoxy groups -OCH3 is 1. The summed E-state index contributed by atoms with van der Waals surface area (Å²) in [6.45, 7) is 1.65. The number of ether oxygens (including phenoxy) is 2. The van der Waals surface area contributed by atoms with Crippen molar-refractivity contribution < 1.29 is 13.9 Å². The Hall–Kier alpha value is -3.35. The first-order valence-corrected chi connectivity index (χ1v) is 10.7. The van der Waals surface area contributed by atoms with E-state index >= 15 is 0 Å². The van der Waals surface area contributed by atoms with Gasteiger partial charge >= 0.3 is 0 Å². The van der Waals surface area contributed by atoms with E-state index in [4.69, 9.17) is 25.5 Å². The maximum Gasteiger partial charge on any atom is 0.247 e. The van der Waals surface area contributed by atoms with Gasteiger partial charge in [-0.25, -0.2) is 0 Å². The number of hydrogen-bond acceptors (Lipinski definition) is 6. The molecule has 0 radical (unpaired) electrons. The Balaban J connectivity index is 1.32. The summed E-state index contributed by atoms with van der Waals surface area (Å²) < 4.78 is 17.1. The molecule has 0 aliphatic carbocycles. The molecule has 6 nitrogen and oxygen atoms in total. The summed E-state index contributed by atoms with van der Waals surface area (Å²) >= 11 is 6.45. The van der Waals surface area contributed by atoms with Crippen LogP contribution in [0, 0.1) is 0 Å². The van der Waals surface area contributed by atoms with E-state index in [9.17, 15) is 0 Å². The van der Waals surface area contributed by atoms with Gasteiger partial charge in [0.05, 0.1) is 7.11 Å². The number of aromatic nitrogens is 2. The third-order valence-corrected chi connectivity index (χ3v) is 5.26. The zero-order valence-electron chi connectivity index (χ0n) is 17.8. The van der Waals surface area contributed by atoms with E-state index in [0.717, 1.165) is 28.2 Å². The van der Waals surface area contributed by atoms with E-state index in [1.807, 2.05) is 72.8 Å². The Kier molecular flexibility index (Phi) is 7.38. The van der Waals surface area contributed by atoms with E-state index in [1.54, 1.807) is 7.11 Å². The van der Waals surface area contributed by atoms with Crippen molar-refractivity contribution in [2.75, 3.05) is 13.7 Å². The summed E-state index contributed by atoms with van der Waals surface area (Å²) in [6, 6.07) is 23.2. The van der Waals surface area contributed by atoms with Gasteiger partial charge in [0.1, 0.15) is 18.1 Å². The minimum Gasteiger partial charge on any atom is -0.497 e. The van der Waals surface area contributed by atoms with Crippen LogP contribution in [0.15, 0.2) is 77.2 Å². The number of rotatable bonds is 10. The number of nitrogens with zero attached hydrogens (tertiary/aromatic N) is 2. The highest BCUT2D eigenvalue weighted by Crippen LogP contribution is 2.27. The predicted molar refractivity (Wildman–Crippen MR) is 124 cm³/mol. The van der Waals surface area contributed by atoms with Crippen LogP contribution in [0.25, 0.3) is 11.5 Å². The van der Waals surface area contributed by atoms with Crippen molar-refractivity contribution >= 4 is 11.6 Å². The summed E-state index contributed by atoms with van der Waals surface area (Å²) in [5.41, 5.74) is 2.84. The van der Waals surface area contributed by atoms with Crippen molar-refractivity contribution in [3.05, 3.63) is 94.8 Å². The van der Waals surface area contributed by atoms with Gasteiger partial charge in [0.15, 0.2) is 0 Å². The molecule has 0 atom stereocenters. The zero-order valence-corrected chi connectivity index (χ0v) is 18.5. The normalized spacial score (nSPS) is 10.8. The van der Waals surface area contributed by atoms with Crippen LogP contribution in [0.2, 0.25) is 5.02 Å². The molecule has 0 bridgehead atoms. The summed E-state index contributed by atoms with van der Waals surface area (Å²) in [5, 5.41) is 12.3.